The highest BCUT2D eigenvalue weighted by atomic mass is 19.4. The predicted octanol–water partition coefficient (Wildman–Crippen LogP) is 4.62. The minimum absolute atomic E-state index is 0.199. The molecule has 1 aromatic carbocycles. The molecule has 5 heteroatoms. The molecule has 0 unspecified atom stereocenters. The van der Waals surface area contributed by atoms with E-state index in [9.17, 15) is 13.2 Å². The first-order valence-corrected chi connectivity index (χ1v) is 7.09. The van der Waals surface area contributed by atoms with Crippen LogP contribution in [0.15, 0.2) is 29.8 Å². The van der Waals surface area contributed by atoms with E-state index in [2.05, 4.69) is 30.8 Å². The van der Waals surface area contributed by atoms with Gasteiger partial charge in [0, 0.05) is 6.54 Å². The maximum atomic E-state index is 12.1. The van der Waals surface area contributed by atoms with Gasteiger partial charge in [0.05, 0.1) is 0 Å². The van der Waals surface area contributed by atoms with Crippen molar-refractivity contribution < 1.29 is 17.9 Å². The first kappa shape index (κ1) is 17.6. The van der Waals surface area contributed by atoms with Crippen molar-refractivity contribution in [3.63, 3.8) is 0 Å². The van der Waals surface area contributed by atoms with Crippen molar-refractivity contribution >= 4 is 6.08 Å². The number of alkyl halides is 3. The molecule has 0 saturated carbocycles. The van der Waals surface area contributed by atoms with Crippen LogP contribution in [-0.2, 0) is 0 Å². The third kappa shape index (κ3) is 7.18. The first-order chi connectivity index (χ1) is 9.81. The van der Waals surface area contributed by atoms with Crippen LogP contribution in [0, 0.1) is 5.92 Å². The molecule has 0 saturated heterocycles. The van der Waals surface area contributed by atoms with E-state index in [1.54, 1.807) is 12.1 Å². The second-order valence-corrected chi connectivity index (χ2v) is 5.17. The molecule has 0 aromatic heterocycles. The zero-order chi connectivity index (χ0) is 15.9. The Morgan fingerprint density at radius 3 is 2.33 bits per heavy atom. The number of nitrogens with one attached hydrogen (secondary N) is 1. The summed E-state index contributed by atoms with van der Waals surface area (Å²) in [6.07, 6.45) is -1.58. The van der Waals surface area contributed by atoms with Crippen molar-refractivity contribution in [1.29, 1.82) is 0 Å². The number of halogens is 3. The Hall–Kier alpha value is -1.49. The second-order valence-electron chi connectivity index (χ2n) is 5.17. The van der Waals surface area contributed by atoms with Crippen LogP contribution >= 0.6 is 0 Å². The van der Waals surface area contributed by atoms with Crippen molar-refractivity contribution in [2.24, 2.45) is 5.92 Å². The molecule has 1 rings (SSSR count). The molecule has 0 atom stereocenters. The number of hydrogen-bond acceptors (Lipinski definition) is 2. The van der Waals surface area contributed by atoms with E-state index in [-0.39, 0.29) is 5.75 Å². The van der Waals surface area contributed by atoms with Crippen LogP contribution in [0.1, 0.15) is 32.8 Å². The number of hydrogen-bond donors (Lipinski definition) is 1. The lowest BCUT2D eigenvalue weighted by atomic mass is 10.00. The summed E-state index contributed by atoms with van der Waals surface area (Å²) >= 11 is 0. The van der Waals surface area contributed by atoms with Gasteiger partial charge in [0.15, 0.2) is 0 Å². The van der Waals surface area contributed by atoms with Crippen LogP contribution in [0.5, 0.6) is 5.75 Å². The van der Waals surface area contributed by atoms with E-state index >= 15 is 0 Å². The molecule has 21 heavy (non-hydrogen) atoms. The predicted molar refractivity (Wildman–Crippen MR) is 79.1 cm³/mol. The average molecular weight is 301 g/mol. The van der Waals surface area contributed by atoms with Crippen LogP contribution in [0.25, 0.3) is 6.08 Å². The molecule has 0 aliphatic carbocycles. The maximum Gasteiger partial charge on any atom is 0.573 e. The van der Waals surface area contributed by atoms with Crippen molar-refractivity contribution in [3.05, 3.63) is 35.4 Å². The largest absolute Gasteiger partial charge is 0.573 e. The molecule has 2 nitrogen and oxygen atoms in total. The lowest BCUT2D eigenvalue weighted by Gasteiger charge is -2.13. The molecular weight excluding hydrogens is 279 g/mol. The van der Waals surface area contributed by atoms with E-state index < -0.39 is 6.36 Å². The van der Waals surface area contributed by atoms with Crippen LogP contribution in [0.2, 0.25) is 0 Å². The number of rotatable bonds is 7. The standard InChI is InChI=1S/C16H22F3NO/c1-4-9-20-11-14(12(2)3)10-13-5-7-15(8-6-13)21-16(17,18)19/h5-8,10,12,20H,4,9,11H2,1-3H3. The minimum atomic E-state index is -4.65. The molecule has 0 spiro atoms. The highest BCUT2D eigenvalue weighted by molar-refractivity contribution is 5.54. The van der Waals surface area contributed by atoms with Crippen molar-refractivity contribution in [1.82, 2.24) is 5.32 Å². The third-order valence-electron chi connectivity index (χ3n) is 2.96. The van der Waals surface area contributed by atoms with Crippen molar-refractivity contribution in [3.8, 4) is 5.75 Å². The molecule has 0 heterocycles. The van der Waals surface area contributed by atoms with Gasteiger partial charge in [0.25, 0.3) is 0 Å². The molecule has 0 aliphatic rings. The lowest BCUT2D eigenvalue weighted by molar-refractivity contribution is -0.274. The van der Waals surface area contributed by atoms with E-state index in [0.717, 1.165) is 25.1 Å². The Bertz CT molecular complexity index is 450. The molecule has 0 bridgehead atoms. The Balaban J connectivity index is 2.76. The fourth-order valence-corrected chi connectivity index (χ4v) is 1.81. The summed E-state index contributed by atoms with van der Waals surface area (Å²) in [5.41, 5.74) is 2.08. The molecular formula is C16H22F3NO. The van der Waals surface area contributed by atoms with Gasteiger partial charge in [-0.3, -0.25) is 0 Å². The monoisotopic (exact) mass is 301 g/mol. The fraction of sp³-hybridized carbons (Fsp3) is 0.500. The van der Waals surface area contributed by atoms with Gasteiger partial charge >= 0.3 is 6.36 Å². The van der Waals surface area contributed by atoms with Crippen LogP contribution in [0.4, 0.5) is 13.2 Å². The minimum Gasteiger partial charge on any atom is -0.406 e. The van der Waals surface area contributed by atoms with Crippen LogP contribution in [0.3, 0.4) is 0 Å². The number of ether oxygens (including phenoxy) is 1. The summed E-state index contributed by atoms with van der Waals surface area (Å²) in [5.74, 6) is 0.176. The van der Waals surface area contributed by atoms with E-state index in [1.807, 2.05) is 6.08 Å². The average Bonchev–Trinajstić information content (AvgIpc) is 2.38. The third-order valence-corrected chi connectivity index (χ3v) is 2.96. The highest BCUT2D eigenvalue weighted by Gasteiger charge is 2.30. The molecule has 1 N–H and O–H groups in total. The Morgan fingerprint density at radius 2 is 1.86 bits per heavy atom. The van der Waals surface area contributed by atoms with Gasteiger partial charge in [-0.2, -0.15) is 0 Å². The van der Waals surface area contributed by atoms with E-state index in [1.165, 1.54) is 17.7 Å². The van der Waals surface area contributed by atoms with Gasteiger partial charge in [-0.25, -0.2) is 0 Å². The van der Waals surface area contributed by atoms with Gasteiger partial charge in [-0.1, -0.05) is 44.6 Å². The van der Waals surface area contributed by atoms with Gasteiger partial charge in [-0.15, -0.1) is 13.2 Å². The van der Waals surface area contributed by atoms with Gasteiger partial charge < -0.3 is 10.1 Å². The maximum absolute atomic E-state index is 12.1. The molecule has 0 fully saturated rings. The smallest absolute Gasteiger partial charge is 0.406 e. The van der Waals surface area contributed by atoms with Crippen LogP contribution in [-0.4, -0.2) is 19.5 Å². The zero-order valence-electron chi connectivity index (χ0n) is 12.6. The highest BCUT2D eigenvalue weighted by Crippen LogP contribution is 2.23. The zero-order valence-corrected chi connectivity index (χ0v) is 12.6. The summed E-state index contributed by atoms with van der Waals surface area (Å²) < 4.78 is 40.1. The molecule has 0 radical (unpaired) electrons. The van der Waals surface area contributed by atoms with Crippen molar-refractivity contribution in [2.45, 2.75) is 33.6 Å². The Labute approximate surface area is 124 Å². The fourth-order valence-electron chi connectivity index (χ4n) is 1.81. The van der Waals surface area contributed by atoms with Gasteiger partial charge in [0.1, 0.15) is 5.75 Å². The first-order valence-electron chi connectivity index (χ1n) is 7.09. The topological polar surface area (TPSA) is 21.3 Å². The summed E-state index contributed by atoms with van der Waals surface area (Å²) in [4.78, 5) is 0. The summed E-state index contributed by atoms with van der Waals surface area (Å²) in [5, 5.41) is 3.34. The van der Waals surface area contributed by atoms with Crippen molar-refractivity contribution in [2.75, 3.05) is 13.1 Å². The van der Waals surface area contributed by atoms with E-state index in [4.69, 9.17) is 0 Å². The summed E-state index contributed by atoms with van der Waals surface area (Å²) in [6.45, 7) is 8.03. The number of benzene rings is 1. The summed E-state index contributed by atoms with van der Waals surface area (Å²) in [6, 6.07) is 5.92. The molecule has 0 amide bonds. The van der Waals surface area contributed by atoms with Gasteiger partial charge in [-0.05, 0) is 36.6 Å². The Morgan fingerprint density at radius 1 is 1.24 bits per heavy atom. The van der Waals surface area contributed by atoms with Gasteiger partial charge in [0.2, 0.25) is 0 Å². The SMILES string of the molecule is CCCNCC(=Cc1ccc(OC(F)(F)F)cc1)C(C)C. The molecule has 0 aliphatic heterocycles. The van der Waals surface area contributed by atoms with E-state index in [0.29, 0.717) is 5.92 Å². The lowest BCUT2D eigenvalue weighted by Crippen LogP contribution is -2.19. The Kier molecular flexibility index (Phi) is 6.75. The normalized spacial score (nSPS) is 12.8. The quantitative estimate of drug-likeness (QED) is 0.742. The molecule has 118 valence electrons. The van der Waals surface area contributed by atoms with Crippen LogP contribution < -0.4 is 10.1 Å². The summed E-state index contributed by atoms with van der Waals surface area (Å²) in [7, 11) is 0. The molecule has 1 aromatic rings. The second kappa shape index (κ2) is 8.08.